The van der Waals surface area contributed by atoms with E-state index in [0.29, 0.717) is 35.6 Å². The summed E-state index contributed by atoms with van der Waals surface area (Å²) in [5, 5.41) is 12.2. The van der Waals surface area contributed by atoms with Crippen molar-refractivity contribution in [2.45, 2.75) is 63.8 Å². The number of benzene rings is 1. The molecule has 1 saturated heterocycles. The fourth-order valence-electron chi connectivity index (χ4n) is 3.93. The number of likely N-dealkylation sites (tertiary alicyclic amines) is 1. The quantitative estimate of drug-likeness (QED) is 0.635. The molecule has 1 aromatic heterocycles. The normalized spacial score (nSPS) is 19.8. The number of nitrogens with zero attached hydrogens (tertiary/aromatic N) is 3. The largest absolute Gasteiger partial charge is 0.490 e. The minimum Gasteiger partial charge on any atom is -0.490 e. The van der Waals surface area contributed by atoms with Gasteiger partial charge in [0.05, 0.1) is 30.4 Å². The molecule has 1 N–H and O–H groups in total. The van der Waals surface area contributed by atoms with Crippen LogP contribution >= 0.6 is 0 Å². The van der Waals surface area contributed by atoms with Crippen LogP contribution in [0.5, 0.6) is 5.75 Å². The summed E-state index contributed by atoms with van der Waals surface area (Å²) in [6.45, 7) is 6.02. The van der Waals surface area contributed by atoms with Gasteiger partial charge in [0.25, 0.3) is 5.89 Å². The molecule has 2 aromatic rings. The fourth-order valence-corrected chi connectivity index (χ4v) is 3.93. The monoisotopic (exact) mass is 482 g/mol. The Hall–Kier alpha value is -3.58. The van der Waals surface area contributed by atoms with Crippen LogP contribution in [0.15, 0.2) is 28.9 Å². The molecule has 0 bridgehead atoms. The van der Waals surface area contributed by atoms with Crippen molar-refractivity contribution in [3.05, 3.63) is 35.9 Å². The molecule has 1 saturated carbocycles. The average Bonchev–Trinajstić information content (AvgIpc) is 3.31. The first kappa shape index (κ1) is 24.5. The van der Waals surface area contributed by atoms with Gasteiger partial charge < -0.3 is 28.8 Å². The van der Waals surface area contributed by atoms with Crippen molar-refractivity contribution in [3.8, 4) is 23.1 Å². The van der Waals surface area contributed by atoms with E-state index in [9.17, 15) is 14.9 Å². The second kappa shape index (κ2) is 9.96. The van der Waals surface area contributed by atoms with Gasteiger partial charge in [0, 0.05) is 25.3 Å². The van der Waals surface area contributed by atoms with E-state index in [1.165, 1.54) is 6.26 Å². The first-order chi connectivity index (χ1) is 16.7. The van der Waals surface area contributed by atoms with E-state index in [1.807, 2.05) is 0 Å². The summed E-state index contributed by atoms with van der Waals surface area (Å²) in [4.78, 5) is 31.5. The van der Waals surface area contributed by atoms with E-state index in [-0.39, 0.29) is 30.6 Å². The fraction of sp³-hybridized carbons (Fsp3) is 0.520. The van der Waals surface area contributed by atoms with E-state index in [0.717, 1.165) is 12.8 Å². The Balaban J connectivity index is 1.46. The lowest BCUT2D eigenvalue weighted by Gasteiger charge is -2.28. The number of carbonyl (C=O) groups excluding carboxylic acids is 2. The lowest BCUT2D eigenvalue weighted by atomic mass is 10.1. The van der Waals surface area contributed by atoms with Gasteiger partial charge in [-0.2, -0.15) is 5.26 Å². The number of methoxy groups -OCH3 is 1. The summed E-state index contributed by atoms with van der Waals surface area (Å²) in [6.07, 6.45) is 3.56. The van der Waals surface area contributed by atoms with Crippen LogP contribution in [0.25, 0.3) is 11.3 Å². The van der Waals surface area contributed by atoms with Gasteiger partial charge in [-0.25, -0.2) is 9.78 Å². The molecule has 186 valence electrons. The number of nitrogens with one attached hydrogen (secondary N) is 1. The molecule has 2 aliphatic rings. The summed E-state index contributed by atoms with van der Waals surface area (Å²) in [7, 11) is 1.57. The maximum atomic E-state index is 12.9. The molecule has 0 unspecified atom stereocenters. The van der Waals surface area contributed by atoms with Crippen LogP contribution in [0.1, 0.15) is 56.3 Å². The molecular formula is C25H30N4O6. The summed E-state index contributed by atoms with van der Waals surface area (Å²) >= 11 is 0. The van der Waals surface area contributed by atoms with E-state index in [2.05, 4.69) is 16.4 Å². The second-order valence-corrected chi connectivity index (χ2v) is 9.83. The van der Waals surface area contributed by atoms with Crippen LogP contribution in [-0.4, -0.2) is 65.9 Å². The lowest BCUT2D eigenvalue weighted by molar-refractivity contribution is 0.0146. The molecule has 0 spiro atoms. The number of oxazole rings is 1. The molecule has 10 nitrogen and oxygen atoms in total. The molecule has 10 heteroatoms. The van der Waals surface area contributed by atoms with Gasteiger partial charge >= 0.3 is 12.0 Å². The highest BCUT2D eigenvalue weighted by atomic mass is 16.6. The van der Waals surface area contributed by atoms with E-state index in [1.54, 1.807) is 51.0 Å². The Kier molecular flexibility index (Phi) is 6.98. The number of ether oxygens (including phenoxy) is 3. The lowest BCUT2D eigenvalue weighted by Crippen LogP contribution is -2.43. The number of amides is 2. The molecule has 2 amide bonds. The van der Waals surface area contributed by atoms with Crippen molar-refractivity contribution in [2.24, 2.45) is 0 Å². The van der Waals surface area contributed by atoms with Crippen molar-refractivity contribution in [1.29, 1.82) is 5.26 Å². The first-order valence-electron chi connectivity index (χ1n) is 11.6. The zero-order valence-corrected chi connectivity index (χ0v) is 20.4. The van der Waals surface area contributed by atoms with Crippen LogP contribution in [0.3, 0.4) is 0 Å². The van der Waals surface area contributed by atoms with Crippen LogP contribution in [0.4, 0.5) is 4.79 Å². The highest BCUT2D eigenvalue weighted by molar-refractivity contribution is 5.90. The van der Waals surface area contributed by atoms with Gasteiger partial charge in [0.2, 0.25) is 0 Å². The second-order valence-electron chi connectivity index (χ2n) is 9.83. The van der Waals surface area contributed by atoms with Crippen LogP contribution in [-0.2, 0) is 9.47 Å². The minimum atomic E-state index is -0.630. The van der Waals surface area contributed by atoms with E-state index < -0.39 is 17.6 Å². The smallest absolute Gasteiger partial charge is 0.410 e. The summed E-state index contributed by atoms with van der Waals surface area (Å²) in [6, 6.07) is 6.65. The highest BCUT2D eigenvalue weighted by Gasteiger charge is 2.38. The Bertz CT molecular complexity index is 1130. The molecule has 1 aromatic carbocycles. The third-order valence-corrected chi connectivity index (χ3v) is 5.64. The Morgan fingerprint density at radius 3 is 2.74 bits per heavy atom. The van der Waals surface area contributed by atoms with Crippen LogP contribution < -0.4 is 10.1 Å². The predicted molar refractivity (Wildman–Crippen MR) is 125 cm³/mol. The SMILES string of the molecule is COC[C@H]1C[C@@H](NC(=O)c2nc(-c3cc(C#N)ccc3OC3CC3)co2)CN1C(=O)OC(C)(C)C. The van der Waals surface area contributed by atoms with Crippen LogP contribution in [0.2, 0.25) is 0 Å². The maximum absolute atomic E-state index is 12.9. The molecule has 2 heterocycles. The number of carbonyl (C=O) groups is 2. The van der Waals surface area contributed by atoms with Gasteiger partial charge in [0.1, 0.15) is 23.3 Å². The summed E-state index contributed by atoms with van der Waals surface area (Å²) in [5.41, 5.74) is 0.822. The third-order valence-electron chi connectivity index (χ3n) is 5.64. The Morgan fingerprint density at radius 1 is 1.31 bits per heavy atom. The number of rotatable bonds is 7. The van der Waals surface area contributed by atoms with E-state index in [4.69, 9.17) is 18.6 Å². The van der Waals surface area contributed by atoms with Crippen molar-refractivity contribution < 1.29 is 28.2 Å². The topological polar surface area (TPSA) is 127 Å². The first-order valence-corrected chi connectivity index (χ1v) is 11.6. The average molecular weight is 483 g/mol. The molecule has 0 radical (unpaired) electrons. The van der Waals surface area contributed by atoms with Crippen LogP contribution in [0, 0.1) is 11.3 Å². The molecule has 1 aliphatic carbocycles. The summed E-state index contributed by atoms with van der Waals surface area (Å²) in [5.74, 6) is -0.0127. The minimum absolute atomic E-state index is 0.112. The zero-order valence-electron chi connectivity index (χ0n) is 20.4. The highest BCUT2D eigenvalue weighted by Crippen LogP contribution is 2.35. The van der Waals surface area contributed by atoms with Gasteiger partial charge in [0.15, 0.2) is 0 Å². The Labute approximate surface area is 204 Å². The van der Waals surface area contributed by atoms with Crippen molar-refractivity contribution in [2.75, 3.05) is 20.3 Å². The van der Waals surface area contributed by atoms with Gasteiger partial charge in [-0.3, -0.25) is 4.79 Å². The van der Waals surface area contributed by atoms with Gasteiger partial charge in [-0.1, -0.05) is 0 Å². The molecule has 4 rings (SSSR count). The molecule has 1 aliphatic heterocycles. The van der Waals surface area contributed by atoms with Crippen molar-refractivity contribution in [1.82, 2.24) is 15.2 Å². The Morgan fingerprint density at radius 2 is 2.09 bits per heavy atom. The number of nitriles is 1. The van der Waals surface area contributed by atoms with E-state index >= 15 is 0 Å². The standard InChI is InChI=1S/C25H30N4O6/c1-25(2,3)35-24(31)29-12-16(10-17(29)13-32-4)27-22(30)23-28-20(14-33-23)19-9-15(11-26)5-8-21(19)34-18-6-7-18/h5,8-9,14,16-18H,6-7,10,12-13H2,1-4H3,(H,27,30)/t16-,17-/m1/s1. The number of hydrogen-bond acceptors (Lipinski definition) is 8. The van der Waals surface area contributed by atoms with Gasteiger partial charge in [-0.15, -0.1) is 0 Å². The number of hydrogen-bond donors (Lipinski definition) is 1. The predicted octanol–water partition coefficient (Wildman–Crippen LogP) is 3.51. The molecule has 35 heavy (non-hydrogen) atoms. The molecular weight excluding hydrogens is 452 g/mol. The molecule has 2 atom stereocenters. The third kappa shape index (κ3) is 6.11. The summed E-state index contributed by atoms with van der Waals surface area (Å²) < 4.78 is 22.2. The van der Waals surface area contributed by atoms with Crippen molar-refractivity contribution in [3.63, 3.8) is 0 Å². The number of aromatic nitrogens is 1. The van der Waals surface area contributed by atoms with Crippen molar-refractivity contribution >= 4 is 12.0 Å². The maximum Gasteiger partial charge on any atom is 0.410 e. The zero-order chi connectivity index (χ0) is 25.2. The molecule has 2 fully saturated rings. The van der Waals surface area contributed by atoms with Gasteiger partial charge in [-0.05, 0) is 58.2 Å².